The van der Waals surface area contributed by atoms with Crippen LogP contribution in [-0.2, 0) is 18.5 Å². The molecule has 98 valence electrons. The van der Waals surface area contributed by atoms with Gasteiger partial charge >= 0.3 is 0 Å². The Balaban J connectivity index is 1.65. The van der Waals surface area contributed by atoms with E-state index in [9.17, 15) is 0 Å². The summed E-state index contributed by atoms with van der Waals surface area (Å²) in [5, 5.41) is 0. The fourth-order valence-corrected chi connectivity index (χ4v) is 3.38. The van der Waals surface area contributed by atoms with Gasteiger partial charge in [0.25, 0.3) is 0 Å². The van der Waals surface area contributed by atoms with Gasteiger partial charge in [-0.2, -0.15) is 0 Å². The van der Waals surface area contributed by atoms with Crippen molar-refractivity contribution in [3.05, 3.63) is 53.5 Å². The highest BCUT2D eigenvalue weighted by atomic mass is 16.3. The van der Waals surface area contributed by atoms with E-state index in [-0.39, 0.29) is 0 Å². The smallest absolute Gasteiger partial charge is 0.117 e. The number of benzene rings is 1. The molecule has 1 aromatic heterocycles. The Bertz CT molecular complexity index is 599. The van der Waals surface area contributed by atoms with Gasteiger partial charge in [0, 0.05) is 24.2 Å². The lowest BCUT2D eigenvalue weighted by Gasteiger charge is -2.34. The van der Waals surface area contributed by atoms with Crippen LogP contribution in [0.3, 0.4) is 0 Å². The van der Waals surface area contributed by atoms with E-state index in [0.29, 0.717) is 5.41 Å². The summed E-state index contributed by atoms with van der Waals surface area (Å²) in [5.41, 5.74) is 10.1. The largest absolute Gasteiger partial charge is 0.468 e. The van der Waals surface area contributed by atoms with Crippen molar-refractivity contribution in [3.8, 4) is 0 Å². The summed E-state index contributed by atoms with van der Waals surface area (Å²) in [6.07, 6.45) is 4.36. The molecule has 1 saturated carbocycles. The third kappa shape index (κ3) is 1.85. The molecule has 1 fully saturated rings. The highest BCUT2D eigenvalue weighted by Crippen LogP contribution is 2.52. The average molecular weight is 254 g/mol. The van der Waals surface area contributed by atoms with Crippen LogP contribution in [-0.4, -0.2) is 11.4 Å². The number of rotatable bonds is 2. The van der Waals surface area contributed by atoms with Crippen molar-refractivity contribution in [2.45, 2.75) is 31.3 Å². The maximum Gasteiger partial charge on any atom is 0.117 e. The molecule has 2 N–H and O–H groups in total. The third-order valence-corrected chi connectivity index (χ3v) is 4.43. The van der Waals surface area contributed by atoms with Crippen molar-refractivity contribution in [1.82, 2.24) is 4.90 Å². The maximum absolute atomic E-state index is 5.94. The number of hydrogen-bond donors (Lipinski definition) is 1. The molecule has 0 unspecified atom stereocenters. The van der Waals surface area contributed by atoms with Crippen molar-refractivity contribution in [2.75, 3.05) is 12.3 Å². The van der Waals surface area contributed by atoms with E-state index in [1.54, 1.807) is 6.26 Å². The van der Waals surface area contributed by atoms with Gasteiger partial charge in [-0.25, -0.2) is 0 Å². The molecule has 1 aliphatic heterocycles. The van der Waals surface area contributed by atoms with Gasteiger partial charge in [-0.15, -0.1) is 0 Å². The van der Waals surface area contributed by atoms with E-state index in [4.69, 9.17) is 10.2 Å². The fraction of sp³-hybridized carbons (Fsp3) is 0.375. The van der Waals surface area contributed by atoms with Crippen molar-refractivity contribution in [2.24, 2.45) is 0 Å². The van der Waals surface area contributed by atoms with Gasteiger partial charge in [-0.1, -0.05) is 6.07 Å². The second-order valence-electron chi connectivity index (χ2n) is 5.92. The van der Waals surface area contributed by atoms with Crippen LogP contribution >= 0.6 is 0 Å². The van der Waals surface area contributed by atoms with Crippen molar-refractivity contribution >= 4 is 5.69 Å². The summed E-state index contributed by atoms with van der Waals surface area (Å²) in [7, 11) is 0. The van der Waals surface area contributed by atoms with Crippen molar-refractivity contribution in [3.63, 3.8) is 0 Å². The third-order valence-electron chi connectivity index (χ3n) is 4.43. The zero-order chi connectivity index (χ0) is 12.9. The highest BCUT2D eigenvalue weighted by Gasteiger charge is 2.48. The van der Waals surface area contributed by atoms with Crippen LogP contribution < -0.4 is 5.73 Å². The summed E-state index contributed by atoms with van der Waals surface area (Å²) in [5.74, 6) is 1.04. The molecule has 0 bridgehead atoms. The normalized spacial score (nSPS) is 20.4. The Morgan fingerprint density at radius 3 is 2.89 bits per heavy atom. The Morgan fingerprint density at radius 2 is 2.16 bits per heavy atom. The van der Waals surface area contributed by atoms with Crippen molar-refractivity contribution < 1.29 is 4.42 Å². The van der Waals surface area contributed by atoms with Crippen LogP contribution in [0.1, 0.15) is 29.7 Å². The summed E-state index contributed by atoms with van der Waals surface area (Å²) in [6, 6.07) is 10.4. The van der Waals surface area contributed by atoms with Gasteiger partial charge < -0.3 is 10.2 Å². The molecular weight excluding hydrogens is 236 g/mol. The van der Waals surface area contributed by atoms with E-state index in [2.05, 4.69) is 23.1 Å². The van der Waals surface area contributed by atoms with E-state index in [1.807, 2.05) is 12.1 Å². The maximum atomic E-state index is 5.94. The number of nitrogens with two attached hydrogens (primary N) is 1. The van der Waals surface area contributed by atoms with Gasteiger partial charge in [0.1, 0.15) is 5.76 Å². The average Bonchev–Trinajstić information content (AvgIpc) is 2.95. The molecule has 4 rings (SSSR count). The minimum Gasteiger partial charge on any atom is -0.468 e. The monoisotopic (exact) mass is 254 g/mol. The molecule has 0 atom stereocenters. The standard InChI is InChI=1S/C16H18N2O/c17-13-3-4-15-12(8-13)9-18(11-16(15)5-6-16)10-14-2-1-7-19-14/h1-4,7-8H,5-6,9-11,17H2. The van der Waals surface area contributed by atoms with Gasteiger partial charge in [0.2, 0.25) is 0 Å². The fourth-order valence-electron chi connectivity index (χ4n) is 3.38. The van der Waals surface area contributed by atoms with Gasteiger partial charge in [0.15, 0.2) is 0 Å². The Hall–Kier alpha value is -1.74. The summed E-state index contributed by atoms with van der Waals surface area (Å²) >= 11 is 0. The molecule has 0 amide bonds. The molecule has 2 aliphatic rings. The van der Waals surface area contributed by atoms with E-state index in [0.717, 1.165) is 31.1 Å². The number of nitrogen functional groups attached to an aromatic ring is 1. The molecule has 3 heteroatoms. The van der Waals surface area contributed by atoms with Crippen LogP contribution in [0.5, 0.6) is 0 Å². The molecule has 2 heterocycles. The summed E-state index contributed by atoms with van der Waals surface area (Å²) < 4.78 is 5.47. The first-order valence-electron chi connectivity index (χ1n) is 6.89. The molecular formula is C16H18N2O. The number of hydrogen-bond acceptors (Lipinski definition) is 3. The molecule has 1 spiro atoms. The molecule has 1 aromatic carbocycles. The Kier molecular flexibility index (Phi) is 2.27. The first kappa shape index (κ1) is 11.1. The van der Waals surface area contributed by atoms with Crippen molar-refractivity contribution in [1.29, 1.82) is 0 Å². The van der Waals surface area contributed by atoms with Gasteiger partial charge in [0.05, 0.1) is 12.8 Å². The minimum absolute atomic E-state index is 0.397. The van der Waals surface area contributed by atoms with Crippen LogP contribution in [0.2, 0.25) is 0 Å². The summed E-state index contributed by atoms with van der Waals surface area (Å²) in [6.45, 7) is 3.01. The predicted molar refractivity (Wildman–Crippen MR) is 74.6 cm³/mol. The Morgan fingerprint density at radius 1 is 1.26 bits per heavy atom. The highest BCUT2D eigenvalue weighted by molar-refractivity contribution is 5.50. The van der Waals surface area contributed by atoms with Crippen LogP contribution in [0.4, 0.5) is 5.69 Å². The first-order valence-corrected chi connectivity index (χ1v) is 6.89. The second kappa shape index (κ2) is 3.87. The zero-order valence-corrected chi connectivity index (χ0v) is 10.9. The molecule has 2 aromatic rings. The number of nitrogens with zero attached hydrogens (tertiary/aromatic N) is 1. The SMILES string of the molecule is Nc1ccc2c(c1)CN(Cc1ccco1)CC21CC1. The number of fused-ring (bicyclic) bond motifs is 2. The molecule has 19 heavy (non-hydrogen) atoms. The quantitative estimate of drug-likeness (QED) is 0.838. The van der Waals surface area contributed by atoms with E-state index in [1.165, 1.54) is 24.0 Å². The van der Waals surface area contributed by atoms with Crippen LogP contribution in [0, 0.1) is 0 Å². The second-order valence-corrected chi connectivity index (χ2v) is 5.92. The minimum atomic E-state index is 0.397. The Labute approximate surface area is 113 Å². The predicted octanol–water partition coefficient (Wildman–Crippen LogP) is 2.91. The summed E-state index contributed by atoms with van der Waals surface area (Å²) in [4.78, 5) is 2.48. The van der Waals surface area contributed by atoms with Crippen LogP contribution in [0.15, 0.2) is 41.0 Å². The molecule has 1 aliphatic carbocycles. The van der Waals surface area contributed by atoms with E-state index < -0.39 is 0 Å². The van der Waals surface area contributed by atoms with Gasteiger partial charge in [-0.3, -0.25) is 4.90 Å². The lowest BCUT2D eigenvalue weighted by Crippen LogP contribution is -2.37. The van der Waals surface area contributed by atoms with Gasteiger partial charge in [-0.05, 0) is 48.2 Å². The zero-order valence-electron chi connectivity index (χ0n) is 10.9. The van der Waals surface area contributed by atoms with E-state index >= 15 is 0 Å². The number of furan rings is 1. The lowest BCUT2D eigenvalue weighted by molar-refractivity contribution is 0.197. The lowest BCUT2D eigenvalue weighted by atomic mass is 9.86. The van der Waals surface area contributed by atoms with Crippen LogP contribution in [0.25, 0.3) is 0 Å². The topological polar surface area (TPSA) is 42.4 Å². The molecule has 3 nitrogen and oxygen atoms in total. The number of anilines is 1. The molecule has 0 radical (unpaired) electrons. The first-order chi connectivity index (χ1) is 9.25. The molecule has 0 saturated heterocycles.